The van der Waals surface area contributed by atoms with Gasteiger partial charge >= 0.3 is 6.08 Å². The van der Waals surface area contributed by atoms with E-state index in [0.717, 1.165) is 6.42 Å². The molecule has 16 heavy (non-hydrogen) atoms. The molecule has 0 amide bonds. The predicted octanol–water partition coefficient (Wildman–Crippen LogP) is 0.599. The van der Waals surface area contributed by atoms with Crippen LogP contribution >= 0.6 is 0 Å². The third-order valence-electron chi connectivity index (χ3n) is 1.78. The van der Waals surface area contributed by atoms with Gasteiger partial charge < -0.3 is 23.7 Å². The normalized spacial score (nSPS) is 10.6. The Labute approximate surface area is 94.1 Å². The number of oxazole rings is 1. The lowest BCUT2D eigenvalue weighted by Crippen LogP contribution is -2.08. The summed E-state index contributed by atoms with van der Waals surface area (Å²) < 4.78 is 20.2. The lowest BCUT2D eigenvalue weighted by Gasteiger charge is -2.03. The highest BCUT2D eigenvalue weighted by atomic mass is 16.6. The minimum absolute atomic E-state index is 0.152. The van der Waals surface area contributed by atoms with E-state index in [2.05, 4.69) is 4.98 Å². The molecule has 1 aromatic heterocycles. The van der Waals surface area contributed by atoms with Gasteiger partial charge in [-0.05, 0) is 6.42 Å². The fourth-order valence-corrected chi connectivity index (χ4v) is 1.02. The number of aliphatic hydroxyl groups is 1. The van der Waals surface area contributed by atoms with Crippen molar-refractivity contribution in [3.05, 3.63) is 12.0 Å². The summed E-state index contributed by atoms with van der Waals surface area (Å²) in [4.78, 5) is 3.86. The van der Waals surface area contributed by atoms with Gasteiger partial charge in [0.1, 0.15) is 18.6 Å². The Morgan fingerprint density at radius 3 is 2.88 bits per heavy atom. The smallest absolute Gasteiger partial charge is 0.393 e. The second-order valence-corrected chi connectivity index (χ2v) is 3.07. The second kappa shape index (κ2) is 8.09. The van der Waals surface area contributed by atoms with Crippen molar-refractivity contribution in [3.63, 3.8) is 0 Å². The summed E-state index contributed by atoms with van der Waals surface area (Å²) in [6.45, 7) is 2.03. The molecule has 1 heterocycles. The molecular formula is C10H17NO5. The fraction of sp³-hybridized carbons (Fsp3) is 0.700. The van der Waals surface area contributed by atoms with E-state index in [1.165, 1.54) is 6.26 Å². The number of hydrogen-bond acceptors (Lipinski definition) is 6. The molecule has 0 spiro atoms. The predicted molar refractivity (Wildman–Crippen MR) is 55.2 cm³/mol. The SMILES string of the molecule is COCCCOCCOc1nc(CO)co1. The molecule has 0 radical (unpaired) electrons. The average Bonchev–Trinajstić information content (AvgIpc) is 2.76. The van der Waals surface area contributed by atoms with Crippen LogP contribution in [-0.2, 0) is 16.1 Å². The Morgan fingerprint density at radius 1 is 1.31 bits per heavy atom. The molecule has 1 rings (SSSR count). The number of rotatable bonds is 9. The van der Waals surface area contributed by atoms with E-state index in [1.54, 1.807) is 7.11 Å². The van der Waals surface area contributed by atoms with Crippen LogP contribution in [-0.4, -0.2) is 43.6 Å². The number of hydrogen-bond donors (Lipinski definition) is 1. The highest BCUT2D eigenvalue weighted by Gasteiger charge is 2.03. The van der Waals surface area contributed by atoms with E-state index < -0.39 is 0 Å². The minimum atomic E-state index is -0.152. The first-order valence-corrected chi connectivity index (χ1v) is 5.11. The summed E-state index contributed by atoms with van der Waals surface area (Å²) in [5, 5.41) is 8.73. The zero-order chi connectivity index (χ0) is 11.6. The van der Waals surface area contributed by atoms with E-state index in [4.69, 9.17) is 23.7 Å². The molecule has 0 saturated heterocycles. The van der Waals surface area contributed by atoms with Crippen molar-refractivity contribution in [3.8, 4) is 6.08 Å². The zero-order valence-electron chi connectivity index (χ0n) is 9.35. The largest absolute Gasteiger partial charge is 0.448 e. The fourth-order valence-electron chi connectivity index (χ4n) is 1.02. The maximum atomic E-state index is 8.73. The number of aliphatic hydroxyl groups excluding tert-OH is 1. The van der Waals surface area contributed by atoms with Crippen LogP contribution < -0.4 is 4.74 Å². The van der Waals surface area contributed by atoms with E-state index in [-0.39, 0.29) is 12.7 Å². The lowest BCUT2D eigenvalue weighted by molar-refractivity contribution is 0.0724. The van der Waals surface area contributed by atoms with Gasteiger partial charge in [0.05, 0.1) is 13.2 Å². The first-order chi connectivity index (χ1) is 7.86. The van der Waals surface area contributed by atoms with E-state index in [1.807, 2.05) is 0 Å². The number of nitrogens with zero attached hydrogens (tertiary/aromatic N) is 1. The Bertz CT molecular complexity index is 276. The second-order valence-electron chi connectivity index (χ2n) is 3.07. The van der Waals surface area contributed by atoms with Gasteiger partial charge in [-0.3, -0.25) is 0 Å². The van der Waals surface area contributed by atoms with Crippen molar-refractivity contribution in [2.75, 3.05) is 33.5 Å². The number of aromatic nitrogens is 1. The zero-order valence-corrected chi connectivity index (χ0v) is 9.35. The topological polar surface area (TPSA) is 74.0 Å². The maximum absolute atomic E-state index is 8.73. The van der Waals surface area contributed by atoms with Crippen molar-refractivity contribution in [2.24, 2.45) is 0 Å². The maximum Gasteiger partial charge on any atom is 0.393 e. The van der Waals surface area contributed by atoms with Crippen LogP contribution in [0.5, 0.6) is 6.08 Å². The highest BCUT2D eigenvalue weighted by Crippen LogP contribution is 2.09. The van der Waals surface area contributed by atoms with Crippen LogP contribution in [0.15, 0.2) is 10.7 Å². The molecule has 0 aliphatic rings. The summed E-state index contributed by atoms with van der Waals surface area (Å²) >= 11 is 0. The summed E-state index contributed by atoms with van der Waals surface area (Å²) in [6.07, 6.45) is 2.38. The third kappa shape index (κ3) is 5.11. The molecular weight excluding hydrogens is 214 g/mol. The number of ether oxygens (including phenoxy) is 3. The quantitative estimate of drug-likeness (QED) is 0.627. The van der Waals surface area contributed by atoms with E-state index >= 15 is 0 Å². The van der Waals surface area contributed by atoms with Crippen molar-refractivity contribution in [1.29, 1.82) is 0 Å². The molecule has 0 unspecified atom stereocenters. The van der Waals surface area contributed by atoms with Gasteiger partial charge in [0, 0.05) is 20.3 Å². The molecule has 0 aliphatic carbocycles. The average molecular weight is 231 g/mol. The summed E-state index contributed by atoms with van der Waals surface area (Å²) in [5.74, 6) is 0. The van der Waals surface area contributed by atoms with Crippen LogP contribution in [0.2, 0.25) is 0 Å². The molecule has 1 N–H and O–H groups in total. The van der Waals surface area contributed by atoms with Crippen LogP contribution in [0.4, 0.5) is 0 Å². The molecule has 1 aromatic rings. The summed E-state index contributed by atoms with van der Waals surface area (Å²) in [5.41, 5.74) is 0.455. The van der Waals surface area contributed by atoms with E-state index in [9.17, 15) is 0 Å². The van der Waals surface area contributed by atoms with Crippen molar-refractivity contribution in [1.82, 2.24) is 4.98 Å². The third-order valence-corrected chi connectivity index (χ3v) is 1.78. The lowest BCUT2D eigenvalue weighted by atomic mass is 10.5. The molecule has 0 fully saturated rings. The first kappa shape index (κ1) is 13.0. The molecule has 6 heteroatoms. The van der Waals surface area contributed by atoms with Gasteiger partial charge in [0.15, 0.2) is 0 Å². The van der Waals surface area contributed by atoms with Crippen LogP contribution in [0, 0.1) is 0 Å². The molecule has 0 aromatic carbocycles. The first-order valence-electron chi connectivity index (χ1n) is 5.11. The van der Waals surface area contributed by atoms with Crippen LogP contribution in [0.1, 0.15) is 12.1 Å². The highest BCUT2D eigenvalue weighted by molar-refractivity contribution is 4.97. The van der Waals surface area contributed by atoms with Crippen molar-refractivity contribution < 1.29 is 23.7 Å². The van der Waals surface area contributed by atoms with Crippen LogP contribution in [0.25, 0.3) is 0 Å². The van der Waals surface area contributed by atoms with Gasteiger partial charge in [-0.15, -0.1) is 0 Å². The van der Waals surface area contributed by atoms with Crippen molar-refractivity contribution >= 4 is 0 Å². The van der Waals surface area contributed by atoms with Gasteiger partial charge in [0.25, 0.3) is 0 Å². The molecule has 0 aliphatic heterocycles. The monoisotopic (exact) mass is 231 g/mol. The molecule has 92 valence electrons. The summed E-state index contributed by atoms with van der Waals surface area (Å²) in [7, 11) is 1.66. The van der Waals surface area contributed by atoms with Crippen LogP contribution in [0.3, 0.4) is 0 Å². The molecule has 0 bridgehead atoms. The van der Waals surface area contributed by atoms with E-state index in [0.29, 0.717) is 32.1 Å². The van der Waals surface area contributed by atoms with Crippen molar-refractivity contribution in [2.45, 2.75) is 13.0 Å². The Kier molecular flexibility index (Phi) is 6.55. The van der Waals surface area contributed by atoms with Gasteiger partial charge in [0.2, 0.25) is 0 Å². The molecule has 0 saturated carbocycles. The number of methoxy groups -OCH3 is 1. The Morgan fingerprint density at radius 2 is 2.19 bits per heavy atom. The van der Waals surface area contributed by atoms with Gasteiger partial charge in [-0.2, -0.15) is 4.98 Å². The Hall–Kier alpha value is -1.11. The molecule has 6 nitrogen and oxygen atoms in total. The van der Waals surface area contributed by atoms with Gasteiger partial charge in [-0.1, -0.05) is 0 Å². The summed E-state index contributed by atoms with van der Waals surface area (Å²) in [6, 6.07) is 0. The molecule has 0 atom stereocenters. The Balaban J connectivity index is 1.98. The standard InChI is InChI=1S/C10H17NO5/c1-13-3-2-4-14-5-6-15-10-11-9(7-12)8-16-10/h8,12H,2-7H2,1H3. The minimum Gasteiger partial charge on any atom is -0.448 e. The van der Waals surface area contributed by atoms with Gasteiger partial charge in [-0.25, -0.2) is 0 Å².